The van der Waals surface area contributed by atoms with Crippen molar-refractivity contribution in [1.82, 2.24) is 5.32 Å². The van der Waals surface area contributed by atoms with Crippen LogP contribution in [0.2, 0.25) is 0 Å². The van der Waals surface area contributed by atoms with Crippen LogP contribution in [0.15, 0.2) is 22.8 Å². The number of carbonyl (C=O) groups is 1. The van der Waals surface area contributed by atoms with Gasteiger partial charge in [0.2, 0.25) is 5.91 Å². The molecule has 0 bridgehead atoms. The minimum absolute atomic E-state index is 0.104. The molecule has 0 spiro atoms. The van der Waals surface area contributed by atoms with Crippen molar-refractivity contribution in [2.45, 2.75) is 38.5 Å². The molecule has 0 radical (unpaired) electrons. The largest absolute Gasteiger partial charge is 0.469 e. The number of hydrogen-bond donors (Lipinski definition) is 1. The quantitative estimate of drug-likeness (QED) is 0.698. The van der Waals surface area contributed by atoms with Gasteiger partial charge in [0.25, 0.3) is 0 Å². The molecule has 1 heterocycles. The average molecular weight is 265 g/mol. The standard InChI is InChI=1S/C15H23NO3/c1-2-3-8-18-9-5-7-16-15(17)13-11-12(13)14-6-4-10-19-14/h4,6,10,12-13H,2-3,5,7-9,11H2,1H3,(H,16,17). The molecule has 1 aromatic heterocycles. The number of ether oxygens (including phenoxy) is 1. The second kappa shape index (κ2) is 7.34. The Morgan fingerprint density at radius 2 is 2.32 bits per heavy atom. The minimum Gasteiger partial charge on any atom is -0.469 e. The third-order valence-corrected chi connectivity index (χ3v) is 3.44. The van der Waals surface area contributed by atoms with Crippen LogP contribution in [0.5, 0.6) is 0 Å². The zero-order valence-corrected chi connectivity index (χ0v) is 11.6. The molecule has 2 atom stereocenters. The molecule has 1 aliphatic rings. The van der Waals surface area contributed by atoms with Crippen LogP contribution in [0.25, 0.3) is 0 Å². The number of hydrogen-bond acceptors (Lipinski definition) is 3. The molecule has 1 N–H and O–H groups in total. The molecular weight excluding hydrogens is 242 g/mol. The van der Waals surface area contributed by atoms with E-state index in [4.69, 9.17) is 9.15 Å². The van der Waals surface area contributed by atoms with Crippen LogP contribution in [0.1, 0.15) is 44.3 Å². The van der Waals surface area contributed by atoms with E-state index in [1.165, 1.54) is 0 Å². The Kier molecular flexibility index (Phi) is 5.45. The summed E-state index contributed by atoms with van der Waals surface area (Å²) in [6.07, 6.45) is 5.72. The van der Waals surface area contributed by atoms with Gasteiger partial charge in [-0.15, -0.1) is 0 Å². The lowest BCUT2D eigenvalue weighted by Gasteiger charge is -2.05. The number of furan rings is 1. The highest BCUT2D eigenvalue weighted by Crippen LogP contribution is 2.47. The molecule has 1 fully saturated rings. The van der Waals surface area contributed by atoms with Crippen molar-refractivity contribution in [1.29, 1.82) is 0 Å². The molecular formula is C15H23NO3. The van der Waals surface area contributed by atoms with Gasteiger partial charge in [-0.2, -0.15) is 0 Å². The van der Waals surface area contributed by atoms with Crippen LogP contribution in [-0.2, 0) is 9.53 Å². The topological polar surface area (TPSA) is 51.5 Å². The Balaban J connectivity index is 1.52. The summed E-state index contributed by atoms with van der Waals surface area (Å²) >= 11 is 0. The summed E-state index contributed by atoms with van der Waals surface area (Å²) in [5, 5.41) is 2.97. The molecule has 1 saturated carbocycles. The first kappa shape index (κ1) is 14.1. The number of rotatable bonds is 9. The van der Waals surface area contributed by atoms with E-state index in [1.54, 1.807) is 6.26 Å². The van der Waals surface area contributed by atoms with Crippen molar-refractivity contribution in [2.24, 2.45) is 5.92 Å². The van der Waals surface area contributed by atoms with Crippen LogP contribution in [0.3, 0.4) is 0 Å². The highest BCUT2D eigenvalue weighted by atomic mass is 16.5. The number of unbranched alkanes of at least 4 members (excludes halogenated alkanes) is 1. The summed E-state index contributed by atoms with van der Waals surface area (Å²) in [6.45, 7) is 4.40. The zero-order chi connectivity index (χ0) is 13.5. The van der Waals surface area contributed by atoms with E-state index in [0.717, 1.165) is 44.7 Å². The summed E-state index contributed by atoms with van der Waals surface area (Å²) in [6, 6.07) is 3.82. The fourth-order valence-electron chi connectivity index (χ4n) is 2.17. The maximum absolute atomic E-state index is 11.9. The fraction of sp³-hybridized carbons (Fsp3) is 0.667. The van der Waals surface area contributed by atoms with Crippen molar-refractivity contribution < 1.29 is 13.9 Å². The Bertz CT molecular complexity index is 375. The van der Waals surface area contributed by atoms with Gasteiger partial charge in [0.05, 0.1) is 6.26 Å². The van der Waals surface area contributed by atoms with E-state index in [0.29, 0.717) is 6.54 Å². The number of amides is 1. The molecule has 1 amide bonds. The molecule has 2 rings (SSSR count). The Morgan fingerprint density at radius 1 is 1.47 bits per heavy atom. The van der Waals surface area contributed by atoms with Gasteiger partial charge in [-0.05, 0) is 31.4 Å². The van der Waals surface area contributed by atoms with E-state index >= 15 is 0 Å². The predicted molar refractivity (Wildman–Crippen MR) is 72.9 cm³/mol. The van der Waals surface area contributed by atoms with Crippen LogP contribution < -0.4 is 5.32 Å². The molecule has 19 heavy (non-hydrogen) atoms. The normalized spacial score (nSPS) is 21.3. The summed E-state index contributed by atoms with van der Waals surface area (Å²) in [5.41, 5.74) is 0. The molecule has 0 aromatic carbocycles. The van der Waals surface area contributed by atoms with Gasteiger partial charge < -0.3 is 14.5 Å². The van der Waals surface area contributed by atoms with E-state index in [9.17, 15) is 4.79 Å². The summed E-state index contributed by atoms with van der Waals surface area (Å²) < 4.78 is 10.8. The monoisotopic (exact) mass is 265 g/mol. The van der Waals surface area contributed by atoms with E-state index in [2.05, 4.69) is 12.2 Å². The first-order chi connectivity index (χ1) is 9.33. The molecule has 4 nitrogen and oxygen atoms in total. The Hall–Kier alpha value is -1.29. The van der Waals surface area contributed by atoms with Crippen molar-refractivity contribution in [3.63, 3.8) is 0 Å². The van der Waals surface area contributed by atoms with Gasteiger partial charge in [-0.1, -0.05) is 13.3 Å². The molecule has 106 valence electrons. The fourth-order valence-corrected chi connectivity index (χ4v) is 2.17. The van der Waals surface area contributed by atoms with Crippen molar-refractivity contribution in [3.8, 4) is 0 Å². The zero-order valence-electron chi connectivity index (χ0n) is 11.6. The Morgan fingerprint density at radius 3 is 3.05 bits per heavy atom. The maximum atomic E-state index is 11.9. The Labute approximate surface area is 114 Å². The third-order valence-electron chi connectivity index (χ3n) is 3.44. The average Bonchev–Trinajstić information content (AvgIpc) is 3.04. The first-order valence-corrected chi connectivity index (χ1v) is 7.21. The predicted octanol–water partition coefficient (Wildman–Crippen LogP) is 2.71. The van der Waals surface area contributed by atoms with Crippen LogP contribution in [0, 0.1) is 5.92 Å². The third kappa shape index (κ3) is 4.39. The second-order valence-corrected chi connectivity index (χ2v) is 5.07. The lowest BCUT2D eigenvalue weighted by atomic mass is 10.2. The summed E-state index contributed by atoms with van der Waals surface area (Å²) in [7, 11) is 0. The second-order valence-electron chi connectivity index (χ2n) is 5.07. The van der Waals surface area contributed by atoms with Crippen LogP contribution in [-0.4, -0.2) is 25.7 Å². The molecule has 0 saturated heterocycles. The smallest absolute Gasteiger partial charge is 0.223 e. The van der Waals surface area contributed by atoms with Gasteiger partial charge in [-0.3, -0.25) is 4.79 Å². The van der Waals surface area contributed by atoms with Gasteiger partial charge in [0.1, 0.15) is 5.76 Å². The van der Waals surface area contributed by atoms with Gasteiger partial charge in [-0.25, -0.2) is 0 Å². The lowest BCUT2D eigenvalue weighted by molar-refractivity contribution is -0.122. The van der Waals surface area contributed by atoms with E-state index in [-0.39, 0.29) is 17.7 Å². The number of nitrogens with one attached hydrogen (secondary N) is 1. The highest BCUT2D eigenvalue weighted by molar-refractivity contribution is 5.82. The number of carbonyl (C=O) groups excluding carboxylic acids is 1. The maximum Gasteiger partial charge on any atom is 0.223 e. The molecule has 2 unspecified atom stereocenters. The molecule has 1 aliphatic carbocycles. The van der Waals surface area contributed by atoms with Gasteiger partial charge in [0.15, 0.2) is 0 Å². The SMILES string of the molecule is CCCCOCCCNC(=O)C1CC1c1ccco1. The molecule has 1 aromatic rings. The van der Waals surface area contributed by atoms with E-state index in [1.807, 2.05) is 12.1 Å². The van der Waals surface area contributed by atoms with E-state index < -0.39 is 0 Å². The highest BCUT2D eigenvalue weighted by Gasteiger charge is 2.45. The van der Waals surface area contributed by atoms with Crippen LogP contribution in [0.4, 0.5) is 0 Å². The van der Waals surface area contributed by atoms with Gasteiger partial charge in [0, 0.05) is 31.6 Å². The molecule has 0 aliphatic heterocycles. The van der Waals surface area contributed by atoms with Crippen molar-refractivity contribution >= 4 is 5.91 Å². The van der Waals surface area contributed by atoms with Crippen molar-refractivity contribution in [3.05, 3.63) is 24.2 Å². The van der Waals surface area contributed by atoms with Crippen LogP contribution >= 0.6 is 0 Å². The van der Waals surface area contributed by atoms with Gasteiger partial charge >= 0.3 is 0 Å². The summed E-state index contributed by atoms with van der Waals surface area (Å²) in [5.74, 6) is 1.47. The van der Waals surface area contributed by atoms with Crippen molar-refractivity contribution in [2.75, 3.05) is 19.8 Å². The summed E-state index contributed by atoms with van der Waals surface area (Å²) in [4.78, 5) is 11.9. The minimum atomic E-state index is 0.104. The first-order valence-electron chi connectivity index (χ1n) is 7.21. The molecule has 4 heteroatoms. The lowest BCUT2D eigenvalue weighted by Crippen LogP contribution is -2.27.